The summed E-state index contributed by atoms with van der Waals surface area (Å²) in [5.41, 5.74) is 2.19. The van der Waals surface area contributed by atoms with Crippen molar-refractivity contribution in [3.05, 3.63) is 75.9 Å². The zero-order valence-corrected chi connectivity index (χ0v) is 14.4. The van der Waals surface area contributed by atoms with Gasteiger partial charge in [-0.25, -0.2) is 18.3 Å². The van der Waals surface area contributed by atoms with Crippen molar-refractivity contribution in [3.8, 4) is 11.5 Å². The minimum atomic E-state index is -0.900. The number of aryl methyl sites for hydroxylation is 1. The molecule has 0 bridgehead atoms. The van der Waals surface area contributed by atoms with Crippen molar-refractivity contribution in [2.75, 3.05) is 0 Å². The molecule has 0 fully saturated rings. The molecular weight excluding hydrogens is 360 g/mol. The molecule has 0 aliphatic carbocycles. The number of thioether (sulfide) groups is 1. The van der Waals surface area contributed by atoms with Gasteiger partial charge in [0.05, 0.1) is 12.0 Å². The number of aromatic nitrogens is 3. The third kappa shape index (κ3) is 2.92. The van der Waals surface area contributed by atoms with Crippen molar-refractivity contribution in [2.45, 2.75) is 17.6 Å². The topological polar surface area (TPSA) is 63.3 Å². The summed E-state index contributed by atoms with van der Waals surface area (Å²) >= 11 is 1.08. The van der Waals surface area contributed by atoms with Crippen molar-refractivity contribution < 1.29 is 13.2 Å². The van der Waals surface area contributed by atoms with Crippen molar-refractivity contribution in [1.82, 2.24) is 14.6 Å². The van der Waals surface area contributed by atoms with Crippen molar-refractivity contribution in [2.24, 2.45) is 0 Å². The number of rotatable bonds is 4. The van der Waals surface area contributed by atoms with Crippen molar-refractivity contribution in [3.63, 3.8) is 0 Å². The summed E-state index contributed by atoms with van der Waals surface area (Å²) in [4.78, 5) is 16.9. The molecule has 0 radical (unpaired) electrons. The van der Waals surface area contributed by atoms with E-state index in [1.807, 2.05) is 13.0 Å². The average molecular weight is 373 g/mol. The molecule has 3 aromatic heterocycles. The Balaban J connectivity index is 1.66. The number of fused-ring (bicyclic) bond motifs is 1. The van der Waals surface area contributed by atoms with E-state index in [0.29, 0.717) is 22.8 Å². The number of aromatic amines is 1. The van der Waals surface area contributed by atoms with Gasteiger partial charge in [0.25, 0.3) is 5.56 Å². The Morgan fingerprint density at radius 1 is 1.27 bits per heavy atom. The number of nitrogens with zero attached hydrogens (tertiary/aromatic N) is 2. The highest BCUT2D eigenvalue weighted by Crippen LogP contribution is 2.27. The van der Waals surface area contributed by atoms with E-state index in [4.69, 9.17) is 4.42 Å². The molecule has 3 heterocycles. The zero-order chi connectivity index (χ0) is 18.3. The summed E-state index contributed by atoms with van der Waals surface area (Å²) in [6, 6.07) is 8.90. The predicted octanol–water partition coefficient (Wildman–Crippen LogP) is 4.16. The molecule has 0 spiro atoms. The van der Waals surface area contributed by atoms with Crippen LogP contribution in [0.25, 0.3) is 17.1 Å². The summed E-state index contributed by atoms with van der Waals surface area (Å²) in [7, 11) is 0. The highest BCUT2D eigenvalue weighted by molar-refractivity contribution is 7.98. The van der Waals surface area contributed by atoms with Gasteiger partial charge in [-0.2, -0.15) is 0 Å². The van der Waals surface area contributed by atoms with E-state index in [2.05, 4.69) is 10.1 Å². The molecule has 132 valence electrons. The largest absolute Gasteiger partial charge is 0.462 e. The van der Waals surface area contributed by atoms with Crippen LogP contribution in [0.15, 0.2) is 56.8 Å². The number of hydrogen-bond acceptors (Lipinski definition) is 4. The van der Waals surface area contributed by atoms with Crippen LogP contribution >= 0.6 is 11.8 Å². The number of hydrogen-bond donors (Lipinski definition) is 1. The van der Waals surface area contributed by atoms with Gasteiger partial charge in [-0.15, -0.1) is 11.8 Å². The molecule has 0 saturated carbocycles. The lowest BCUT2D eigenvalue weighted by molar-refractivity contribution is 0.491. The van der Waals surface area contributed by atoms with Crippen LogP contribution in [0.5, 0.6) is 0 Å². The van der Waals surface area contributed by atoms with Crippen LogP contribution in [0.2, 0.25) is 0 Å². The number of benzene rings is 1. The van der Waals surface area contributed by atoms with Gasteiger partial charge in [-0.05, 0) is 30.7 Å². The van der Waals surface area contributed by atoms with E-state index in [1.54, 1.807) is 12.3 Å². The highest BCUT2D eigenvalue weighted by Gasteiger charge is 2.13. The Morgan fingerprint density at radius 2 is 2.12 bits per heavy atom. The molecule has 26 heavy (non-hydrogen) atoms. The van der Waals surface area contributed by atoms with Gasteiger partial charge in [0.15, 0.2) is 23.0 Å². The Hall–Kier alpha value is -2.87. The molecule has 0 saturated heterocycles. The zero-order valence-electron chi connectivity index (χ0n) is 13.6. The molecule has 1 aromatic carbocycles. The standard InChI is InChI=1S/C18H13F2N3O2S/c1-10-5-6-25-18(10)13-8-15-21-11(7-16(24)23(15)22-13)9-26-14-4-2-3-12(19)17(14)20/h2-8,22H,9H2,1H3. The average Bonchev–Trinajstić information content (AvgIpc) is 3.22. The maximum Gasteiger partial charge on any atom is 0.272 e. The molecule has 5 nitrogen and oxygen atoms in total. The van der Waals surface area contributed by atoms with E-state index in [0.717, 1.165) is 23.4 Å². The van der Waals surface area contributed by atoms with Crippen LogP contribution in [0, 0.1) is 18.6 Å². The predicted molar refractivity (Wildman–Crippen MR) is 94.2 cm³/mol. The summed E-state index contributed by atoms with van der Waals surface area (Å²) in [6.07, 6.45) is 1.57. The monoisotopic (exact) mass is 373 g/mol. The molecule has 0 aliphatic heterocycles. The van der Waals surface area contributed by atoms with Crippen molar-refractivity contribution in [1.29, 1.82) is 0 Å². The second-order valence-electron chi connectivity index (χ2n) is 5.72. The summed E-state index contributed by atoms with van der Waals surface area (Å²) in [6.45, 7) is 1.90. The minimum Gasteiger partial charge on any atom is -0.462 e. The molecule has 0 aliphatic rings. The number of nitrogens with one attached hydrogen (secondary N) is 1. The summed E-state index contributed by atoms with van der Waals surface area (Å²) in [5.74, 6) is -0.922. The highest BCUT2D eigenvalue weighted by atomic mass is 32.2. The number of halogens is 2. The second-order valence-corrected chi connectivity index (χ2v) is 6.74. The lowest BCUT2D eigenvalue weighted by Gasteiger charge is -2.03. The van der Waals surface area contributed by atoms with Crippen LogP contribution in [0.1, 0.15) is 11.3 Å². The quantitative estimate of drug-likeness (QED) is 0.546. The van der Waals surface area contributed by atoms with E-state index in [9.17, 15) is 13.6 Å². The fourth-order valence-corrected chi connectivity index (χ4v) is 3.48. The maximum absolute atomic E-state index is 13.7. The Morgan fingerprint density at radius 3 is 2.88 bits per heavy atom. The smallest absolute Gasteiger partial charge is 0.272 e. The van der Waals surface area contributed by atoms with Crippen LogP contribution in [0.3, 0.4) is 0 Å². The van der Waals surface area contributed by atoms with E-state index < -0.39 is 11.6 Å². The van der Waals surface area contributed by atoms with Gasteiger partial charge in [0.2, 0.25) is 0 Å². The van der Waals surface area contributed by atoms with Gasteiger partial charge >= 0.3 is 0 Å². The van der Waals surface area contributed by atoms with E-state index in [-0.39, 0.29) is 16.2 Å². The van der Waals surface area contributed by atoms with E-state index in [1.165, 1.54) is 22.7 Å². The minimum absolute atomic E-state index is 0.174. The molecule has 8 heteroatoms. The second kappa shape index (κ2) is 6.45. The Kier molecular flexibility index (Phi) is 4.12. The molecular formula is C18H13F2N3O2S. The molecule has 0 unspecified atom stereocenters. The number of H-pyrrole nitrogens is 1. The van der Waals surface area contributed by atoms with Crippen LogP contribution in [0.4, 0.5) is 8.78 Å². The van der Waals surface area contributed by atoms with Gasteiger partial charge < -0.3 is 4.42 Å². The first-order valence-electron chi connectivity index (χ1n) is 7.76. The number of furan rings is 1. The van der Waals surface area contributed by atoms with Crippen LogP contribution < -0.4 is 5.56 Å². The molecule has 4 rings (SSSR count). The molecule has 0 atom stereocenters. The third-order valence-electron chi connectivity index (χ3n) is 3.90. The summed E-state index contributed by atoms with van der Waals surface area (Å²) < 4.78 is 33.8. The van der Waals surface area contributed by atoms with Gasteiger partial charge in [0, 0.05) is 22.8 Å². The first-order chi connectivity index (χ1) is 12.5. The van der Waals surface area contributed by atoms with Crippen LogP contribution in [-0.4, -0.2) is 14.6 Å². The van der Waals surface area contributed by atoms with Crippen molar-refractivity contribution >= 4 is 17.4 Å². The van der Waals surface area contributed by atoms with E-state index >= 15 is 0 Å². The first kappa shape index (κ1) is 16.6. The summed E-state index contributed by atoms with van der Waals surface area (Å²) in [5, 5.41) is 2.96. The normalized spacial score (nSPS) is 11.3. The van der Waals surface area contributed by atoms with Gasteiger partial charge in [-0.1, -0.05) is 6.07 Å². The first-order valence-corrected chi connectivity index (χ1v) is 8.74. The molecule has 4 aromatic rings. The SMILES string of the molecule is Cc1ccoc1-c1cc2nc(CSc3cccc(F)c3F)cc(=O)n2[nH]1. The molecule has 0 amide bonds. The fraction of sp³-hybridized carbons (Fsp3) is 0.111. The van der Waals surface area contributed by atoms with Crippen LogP contribution in [-0.2, 0) is 5.75 Å². The fourth-order valence-electron chi connectivity index (χ4n) is 2.63. The van der Waals surface area contributed by atoms with Gasteiger partial charge in [0.1, 0.15) is 5.69 Å². The molecule has 1 N–H and O–H groups in total. The van der Waals surface area contributed by atoms with Gasteiger partial charge in [-0.3, -0.25) is 9.89 Å². The third-order valence-corrected chi connectivity index (χ3v) is 4.97. The Labute approximate surface area is 150 Å². The lowest BCUT2D eigenvalue weighted by Crippen LogP contribution is -2.15. The Bertz CT molecular complexity index is 1160. The maximum atomic E-state index is 13.7. The lowest BCUT2D eigenvalue weighted by atomic mass is 10.2.